The molecule has 9 nitrogen and oxygen atoms in total. The van der Waals surface area contributed by atoms with Crippen LogP contribution in [0.15, 0.2) is 54.7 Å². The molecule has 1 aromatic heterocycles. The number of nitrogens with two attached hydrogens (primary N) is 1. The molecule has 0 saturated heterocycles. The Kier molecular flexibility index (Phi) is 10.1. The summed E-state index contributed by atoms with van der Waals surface area (Å²) in [4.78, 5) is 30.9. The summed E-state index contributed by atoms with van der Waals surface area (Å²) in [6.07, 6.45) is 1.72. The number of nitrogen functional groups attached to an aromatic ring is 1. The molecule has 4 N–H and O–H groups in total. The molecular formula is C29H34FN5O4. The molecule has 0 saturated carbocycles. The number of hydrogen-bond acceptors (Lipinski definition) is 8. The zero-order valence-corrected chi connectivity index (χ0v) is 22.6. The van der Waals surface area contributed by atoms with Crippen LogP contribution in [0.3, 0.4) is 0 Å². The number of rotatable bonds is 12. The van der Waals surface area contributed by atoms with Crippen LogP contribution in [0, 0.1) is 18.2 Å². The summed E-state index contributed by atoms with van der Waals surface area (Å²) in [6.45, 7) is 4.44. The summed E-state index contributed by atoms with van der Waals surface area (Å²) in [6, 6.07) is 12.5. The average molecular weight is 536 g/mol. The minimum Gasteiger partial charge on any atom is -0.496 e. The number of benzene rings is 2. The van der Waals surface area contributed by atoms with E-state index in [0.29, 0.717) is 46.8 Å². The van der Waals surface area contributed by atoms with Gasteiger partial charge < -0.3 is 20.5 Å². The van der Waals surface area contributed by atoms with Gasteiger partial charge >= 0.3 is 5.97 Å². The Labute approximate surface area is 227 Å². The highest BCUT2D eigenvalue weighted by Crippen LogP contribution is 2.23. The van der Waals surface area contributed by atoms with Crippen molar-refractivity contribution >= 4 is 23.3 Å². The topological polar surface area (TPSA) is 131 Å². The van der Waals surface area contributed by atoms with Gasteiger partial charge in [-0.25, -0.2) is 4.39 Å². The van der Waals surface area contributed by atoms with E-state index in [1.54, 1.807) is 48.7 Å². The molecule has 39 heavy (non-hydrogen) atoms. The lowest BCUT2D eigenvalue weighted by Gasteiger charge is -2.27. The number of ether oxygens (including phenoxy) is 2. The van der Waals surface area contributed by atoms with Crippen molar-refractivity contribution in [2.24, 2.45) is 0 Å². The highest BCUT2D eigenvalue weighted by Gasteiger charge is 2.20. The standard InChI is InChI=1S/C29H34FN5O4/c1-18-14-20(10-12-33-18)28(32)22-15-21(8-9-25(22)31)29(37)34-19(2)16-35(13-11-27(36)39-4)17-23-24(30)6-5-7-26(23)38-3/h5-10,12,14-15,19,32H,11,13,16-17,31H2,1-4H3,(H,34,37). The van der Waals surface area contributed by atoms with Crippen molar-refractivity contribution < 1.29 is 23.5 Å². The van der Waals surface area contributed by atoms with Crippen molar-refractivity contribution in [3.63, 3.8) is 0 Å². The van der Waals surface area contributed by atoms with E-state index < -0.39 is 11.8 Å². The van der Waals surface area contributed by atoms with Crippen LogP contribution in [0.4, 0.5) is 10.1 Å². The fourth-order valence-electron chi connectivity index (χ4n) is 4.20. The lowest BCUT2D eigenvalue weighted by Crippen LogP contribution is -2.42. The normalized spacial score (nSPS) is 11.6. The predicted molar refractivity (Wildman–Crippen MR) is 148 cm³/mol. The first-order valence-electron chi connectivity index (χ1n) is 12.5. The van der Waals surface area contributed by atoms with Crippen LogP contribution in [0.25, 0.3) is 0 Å². The van der Waals surface area contributed by atoms with Crippen molar-refractivity contribution in [1.82, 2.24) is 15.2 Å². The van der Waals surface area contributed by atoms with Gasteiger partial charge in [0.15, 0.2) is 0 Å². The lowest BCUT2D eigenvalue weighted by atomic mass is 9.98. The van der Waals surface area contributed by atoms with E-state index in [4.69, 9.17) is 20.6 Å². The summed E-state index contributed by atoms with van der Waals surface area (Å²) >= 11 is 0. The van der Waals surface area contributed by atoms with Crippen LogP contribution < -0.4 is 15.8 Å². The van der Waals surface area contributed by atoms with Gasteiger partial charge in [0.2, 0.25) is 0 Å². The molecule has 0 aliphatic heterocycles. The molecule has 3 aromatic rings. The minimum atomic E-state index is -0.421. The fourth-order valence-corrected chi connectivity index (χ4v) is 4.20. The van der Waals surface area contributed by atoms with Crippen LogP contribution in [-0.2, 0) is 16.1 Å². The third-order valence-corrected chi connectivity index (χ3v) is 6.22. The number of carbonyl (C=O) groups excluding carboxylic acids is 2. The van der Waals surface area contributed by atoms with Crippen molar-refractivity contribution in [2.45, 2.75) is 32.9 Å². The monoisotopic (exact) mass is 535 g/mol. The quantitative estimate of drug-likeness (QED) is 0.183. The van der Waals surface area contributed by atoms with Gasteiger partial charge in [-0.15, -0.1) is 0 Å². The molecule has 0 aliphatic carbocycles. The molecule has 0 spiro atoms. The molecule has 0 radical (unpaired) electrons. The van der Waals surface area contributed by atoms with Gasteiger partial charge in [0.1, 0.15) is 11.6 Å². The van der Waals surface area contributed by atoms with Gasteiger partial charge in [0.05, 0.1) is 26.4 Å². The highest BCUT2D eigenvalue weighted by molar-refractivity contribution is 6.14. The molecule has 1 amide bonds. The summed E-state index contributed by atoms with van der Waals surface area (Å²) in [5.41, 5.74) is 9.26. The van der Waals surface area contributed by atoms with Gasteiger partial charge in [-0.3, -0.25) is 24.9 Å². The first-order valence-corrected chi connectivity index (χ1v) is 12.5. The fraction of sp³-hybridized carbons (Fsp3) is 0.310. The number of methoxy groups -OCH3 is 2. The molecule has 1 unspecified atom stereocenters. The maximum Gasteiger partial charge on any atom is 0.306 e. The number of anilines is 1. The molecule has 1 heterocycles. The number of nitrogens with one attached hydrogen (secondary N) is 2. The second kappa shape index (κ2) is 13.5. The van der Waals surface area contributed by atoms with Crippen LogP contribution in [0.1, 0.15) is 46.1 Å². The maximum absolute atomic E-state index is 14.6. The third-order valence-electron chi connectivity index (χ3n) is 6.22. The van der Waals surface area contributed by atoms with Gasteiger partial charge in [-0.1, -0.05) is 6.07 Å². The Morgan fingerprint density at radius 3 is 2.62 bits per heavy atom. The maximum atomic E-state index is 14.6. The van der Waals surface area contributed by atoms with Crippen molar-refractivity contribution in [2.75, 3.05) is 33.0 Å². The number of aromatic nitrogens is 1. The SMILES string of the molecule is COC(=O)CCN(Cc1c(F)cccc1OC)CC(C)NC(=O)c1ccc(N)c(C(=N)c2ccnc(C)c2)c1. The van der Waals surface area contributed by atoms with Crippen molar-refractivity contribution in [3.05, 3.63) is 88.5 Å². The molecule has 0 fully saturated rings. The van der Waals surface area contributed by atoms with Crippen LogP contribution >= 0.6 is 0 Å². The van der Waals surface area contributed by atoms with Gasteiger partial charge in [-0.2, -0.15) is 0 Å². The molecule has 3 rings (SSSR count). The second-order valence-corrected chi connectivity index (χ2v) is 9.22. The Morgan fingerprint density at radius 1 is 1.15 bits per heavy atom. The number of amides is 1. The number of halogens is 1. The van der Waals surface area contributed by atoms with E-state index in [2.05, 4.69) is 10.3 Å². The van der Waals surface area contributed by atoms with Crippen LogP contribution in [0.5, 0.6) is 5.75 Å². The van der Waals surface area contributed by atoms with Crippen LogP contribution in [0.2, 0.25) is 0 Å². The number of carbonyl (C=O) groups is 2. The van der Waals surface area contributed by atoms with Gasteiger partial charge in [-0.05, 0) is 56.3 Å². The molecule has 2 aromatic carbocycles. The van der Waals surface area contributed by atoms with E-state index in [1.165, 1.54) is 20.3 Å². The van der Waals surface area contributed by atoms with Gasteiger partial charge in [0.25, 0.3) is 5.91 Å². The lowest BCUT2D eigenvalue weighted by molar-refractivity contribution is -0.141. The summed E-state index contributed by atoms with van der Waals surface area (Å²) in [7, 11) is 2.78. The second-order valence-electron chi connectivity index (χ2n) is 9.22. The highest BCUT2D eigenvalue weighted by atomic mass is 19.1. The first kappa shape index (κ1) is 29.2. The van der Waals surface area contributed by atoms with Crippen LogP contribution in [-0.4, -0.2) is 60.8 Å². The zero-order chi connectivity index (χ0) is 28.5. The van der Waals surface area contributed by atoms with E-state index >= 15 is 0 Å². The molecule has 0 bridgehead atoms. The Balaban J connectivity index is 1.75. The molecule has 206 valence electrons. The van der Waals surface area contributed by atoms with E-state index in [0.717, 1.165) is 5.69 Å². The molecule has 1 atom stereocenters. The third kappa shape index (κ3) is 7.84. The predicted octanol–water partition coefficient (Wildman–Crippen LogP) is 3.72. The van der Waals surface area contributed by atoms with Crippen molar-refractivity contribution in [1.29, 1.82) is 5.41 Å². The summed E-state index contributed by atoms with van der Waals surface area (Å²) in [5, 5.41) is 11.6. The molecule has 0 aliphatic rings. The Morgan fingerprint density at radius 2 is 1.92 bits per heavy atom. The molecular weight excluding hydrogens is 501 g/mol. The number of esters is 1. The first-order chi connectivity index (χ1) is 18.6. The Hall–Kier alpha value is -4.31. The number of hydrogen-bond donors (Lipinski definition) is 3. The minimum absolute atomic E-state index is 0.103. The number of nitrogens with zero attached hydrogens (tertiary/aromatic N) is 2. The smallest absolute Gasteiger partial charge is 0.306 e. The number of aryl methyl sites for hydroxylation is 1. The largest absolute Gasteiger partial charge is 0.496 e. The number of pyridine rings is 1. The summed E-state index contributed by atoms with van der Waals surface area (Å²) in [5.74, 6) is -0.761. The van der Waals surface area contributed by atoms with Crippen molar-refractivity contribution in [3.8, 4) is 5.75 Å². The Bertz CT molecular complexity index is 1350. The van der Waals surface area contributed by atoms with Gasteiger partial charge in [0, 0.05) is 65.5 Å². The van der Waals surface area contributed by atoms with E-state index in [-0.39, 0.29) is 30.6 Å². The summed E-state index contributed by atoms with van der Waals surface area (Å²) < 4.78 is 24.7. The zero-order valence-electron chi connectivity index (χ0n) is 22.6. The van der Waals surface area contributed by atoms with E-state index in [1.807, 2.05) is 18.7 Å². The molecule has 10 heteroatoms. The average Bonchev–Trinajstić information content (AvgIpc) is 2.92. The van der Waals surface area contributed by atoms with E-state index in [9.17, 15) is 14.0 Å².